The molecule has 0 radical (unpaired) electrons. The smallest absolute Gasteiger partial charge is 0.208 e. The second-order valence-electron chi connectivity index (χ2n) is 2.36. The summed E-state index contributed by atoms with van der Waals surface area (Å²) in [4.78, 5) is 3.86. The Morgan fingerprint density at radius 3 is 2.29 bits per heavy atom. The summed E-state index contributed by atoms with van der Waals surface area (Å²) < 4.78 is 0. The Morgan fingerprint density at radius 2 is 1.71 bits per heavy atom. The molecule has 0 unspecified atom stereocenters. The number of hydrazine groups is 1. The number of nitrogens with zero attached hydrogens (tertiary/aromatic N) is 1. The topological polar surface area (TPSA) is 76.4 Å². The van der Waals surface area contributed by atoms with E-state index in [1.54, 1.807) is 0 Å². The Balaban J connectivity index is 3.16. The van der Waals surface area contributed by atoms with E-state index in [-0.39, 0.29) is 5.96 Å². The largest absolute Gasteiger partial charge is 0.369 e. The minimum Gasteiger partial charge on any atom is -0.369 e. The number of hydrogen-bond acceptors (Lipinski definition) is 2. The zero-order valence-corrected chi connectivity index (χ0v) is 9.16. The summed E-state index contributed by atoms with van der Waals surface area (Å²) in [5.74, 6) is 5.06. The van der Waals surface area contributed by atoms with Crippen LogP contribution in [0.1, 0.15) is 0 Å². The Bertz CT molecular complexity index is 377. The van der Waals surface area contributed by atoms with E-state index in [2.05, 4.69) is 10.4 Å². The van der Waals surface area contributed by atoms with Crippen LogP contribution in [-0.4, -0.2) is 5.96 Å². The molecule has 0 saturated heterocycles. The van der Waals surface area contributed by atoms with Crippen molar-refractivity contribution < 1.29 is 0 Å². The van der Waals surface area contributed by atoms with Gasteiger partial charge in [-0.1, -0.05) is 34.8 Å². The summed E-state index contributed by atoms with van der Waals surface area (Å²) >= 11 is 17.3. The minimum absolute atomic E-state index is 0.0327. The van der Waals surface area contributed by atoms with E-state index >= 15 is 0 Å². The second-order valence-corrected chi connectivity index (χ2v) is 3.58. The maximum atomic E-state index is 5.83. The van der Waals surface area contributed by atoms with Gasteiger partial charge in [-0.25, -0.2) is 10.8 Å². The molecule has 1 aromatic rings. The fourth-order valence-electron chi connectivity index (χ4n) is 0.760. The summed E-state index contributed by atoms with van der Waals surface area (Å²) in [6, 6.07) is 2.98. The van der Waals surface area contributed by atoms with E-state index < -0.39 is 0 Å². The number of benzene rings is 1. The molecular weight excluding hydrogens is 246 g/mol. The molecule has 1 rings (SSSR count). The van der Waals surface area contributed by atoms with Crippen LogP contribution in [0.4, 0.5) is 5.69 Å². The van der Waals surface area contributed by atoms with Crippen LogP contribution in [0.2, 0.25) is 15.1 Å². The number of nitrogens with two attached hydrogens (primary N) is 2. The standard InChI is InChI=1S/C7H7Cl3N4/c8-3-1-5(10)6(2-4(3)9)13-7(11)14-12/h1-2H,12H2,(H3,11,13,14). The number of hydrogen-bond donors (Lipinski definition) is 3. The van der Waals surface area contributed by atoms with Crippen molar-refractivity contribution in [3.05, 3.63) is 27.2 Å². The van der Waals surface area contributed by atoms with Crippen molar-refractivity contribution in [1.82, 2.24) is 5.43 Å². The first-order valence-corrected chi connectivity index (χ1v) is 4.63. The molecule has 1 aromatic carbocycles. The third kappa shape index (κ3) is 2.65. The average Bonchev–Trinajstić information content (AvgIpc) is 2.14. The van der Waals surface area contributed by atoms with Gasteiger partial charge in [0.25, 0.3) is 0 Å². The highest BCUT2D eigenvalue weighted by Crippen LogP contribution is 2.33. The zero-order chi connectivity index (χ0) is 10.7. The van der Waals surface area contributed by atoms with Gasteiger partial charge < -0.3 is 5.73 Å². The van der Waals surface area contributed by atoms with Crippen LogP contribution >= 0.6 is 34.8 Å². The summed E-state index contributed by atoms with van der Waals surface area (Å²) in [7, 11) is 0. The highest BCUT2D eigenvalue weighted by molar-refractivity contribution is 6.43. The van der Waals surface area contributed by atoms with Crippen molar-refractivity contribution in [2.24, 2.45) is 16.6 Å². The van der Waals surface area contributed by atoms with Gasteiger partial charge in [-0.2, -0.15) is 0 Å². The van der Waals surface area contributed by atoms with Gasteiger partial charge >= 0.3 is 0 Å². The first-order valence-electron chi connectivity index (χ1n) is 3.50. The van der Waals surface area contributed by atoms with Gasteiger partial charge in [-0.05, 0) is 12.1 Å². The minimum atomic E-state index is 0.0327. The molecule has 5 N–H and O–H groups in total. The molecule has 0 amide bonds. The number of nitrogens with one attached hydrogen (secondary N) is 1. The van der Waals surface area contributed by atoms with E-state index in [0.717, 1.165) is 0 Å². The van der Waals surface area contributed by atoms with Gasteiger partial charge in [0.05, 0.1) is 20.8 Å². The predicted octanol–water partition coefficient (Wildman–Crippen LogP) is 2.06. The molecule has 0 aliphatic carbocycles. The summed E-state index contributed by atoms with van der Waals surface area (Å²) in [5, 5.41) is 1.05. The van der Waals surface area contributed by atoms with Gasteiger partial charge in [-0.3, -0.25) is 5.43 Å². The Hall–Kier alpha value is -0.680. The Kier molecular flexibility index (Phi) is 3.83. The van der Waals surface area contributed by atoms with Crippen LogP contribution in [0.15, 0.2) is 17.1 Å². The predicted molar refractivity (Wildman–Crippen MR) is 60.1 cm³/mol. The fraction of sp³-hybridized carbons (Fsp3) is 0. The second kappa shape index (κ2) is 4.70. The molecule has 0 aromatic heterocycles. The Morgan fingerprint density at radius 1 is 1.14 bits per heavy atom. The number of guanidine groups is 1. The third-order valence-electron chi connectivity index (χ3n) is 1.38. The molecule has 7 heteroatoms. The van der Waals surface area contributed by atoms with Crippen LogP contribution in [0.3, 0.4) is 0 Å². The van der Waals surface area contributed by atoms with E-state index in [1.807, 2.05) is 0 Å². The zero-order valence-electron chi connectivity index (χ0n) is 6.89. The van der Waals surface area contributed by atoms with E-state index in [4.69, 9.17) is 46.4 Å². The third-order valence-corrected chi connectivity index (χ3v) is 2.40. The van der Waals surface area contributed by atoms with Crippen molar-refractivity contribution in [1.29, 1.82) is 0 Å². The monoisotopic (exact) mass is 252 g/mol. The number of halogens is 3. The molecule has 0 saturated carbocycles. The van der Waals surface area contributed by atoms with Crippen LogP contribution < -0.4 is 17.0 Å². The molecule has 0 aliphatic rings. The molecular formula is C7H7Cl3N4. The Labute approximate surface area is 95.8 Å². The van der Waals surface area contributed by atoms with Crippen molar-refractivity contribution in [3.63, 3.8) is 0 Å². The SMILES string of the molecule is NNC(N)=Nc1cc(Cl)c(Cl)cc1Cl. The number of rotatable bonds is 1. The lowest BCUT2D eigenvalue weighted by Gasteiger charge is -2.03. The first kappa shape index (κ1) is 11.4. The summed E-state index contributed by atoms with van der Waals surface area (Å²) in [6.07, 6.45) is 0. The van der Waals surface area contributed by atoms with Crippen LogP contribution in [0.5, 0.6) is 0 Å². The van der Waals surface area contributed by atoms with Gasteiger partial charge in [0.2, 0.25) is 5.96 Å². The lowest BCUT2D eigenvalue weighted by molar-refractivity contribution is 1.01. The lowest BCUT2D eigenvalue weighted by atomic mass is 10.3. The van der Waals surface area contributed by atoms with Gasteiger partial charge in [0, 0.05) is 0 Å². The molecule has 14 heavy (non-hydrogen) atoms. The van der Waals surface area contributed by atoms with Crippen LogP contribution in [0.25, 0.3) is 0 Å². The van der Waals surface area contributed by atoms with Crippen molar-refractivity contribution in [2.75, 3.05) is 0 Å². The molecule has 0 atom stereocenters. The lowest BCUT2D eigenvalue weighted by Crippen LogP contribution is -2.36. The van der Waals surface area contributed by atoms with Gasteiger partial charge in [0.15, 0.2) is 0 Å². The summed E-state index contributed by atoms with van der Waals surface area (Å²) in [5.41, 5.74) is 7.91. The molecule has 0 aliphatic heterocycles. The van der Waals surface area contributed by atoms with E-state index in [9.17, 15) is 0 Å². The van der Waals surface area contributed by atoms with E-state index in [1.165, 1.54) is 12.1 Å². The maximum Gasteiger partial charge on any atom is 0.208 e. The first-order chi connectivity index (χ1) is 6.54. The summed E-state index contributed by atoms with van der Waals surface area (Å²) in [6.45, 7) is 0. The molecule has 0 fully saturated rings. The molecule has 4 nitrogen and oxygen atoms in total. The van der Waals surface area contributed by atoms with Crippen LogP contribution in [-0.2, 0) is 0 Å². The van der Waals surface area contributed by atoms with Gasteiger partial charge in [-0.15, -0.1) is 0 Å². The fourth-order valence-corrected chi connectivity index (χ4v) is 1.34. The van der Waals surface area contributed by atoms with Crippen molar-refractivity contribution >= 4 is 46.4 Å². The average molecular weight is 254 g/mol. The number of aliphatic imine (C=N–C) groups is 1. The highest BCUT2D eigenvalue weighted by atomic mass is 35.5. The highest BCUT2D eigenvalue weighted by Gasteiger charge is 2.05. The van der Waals surface area contributed by atoms with Crippen molar-refractivity contribution in [2.45, 2.75) is 0 Å². The molecule has 76 valence electrons. The van der Waals surface area contributed by atoms with Crippen LogP contribution in [0, 0.1) is 0 Å². The maximum absolute atomic E-state index is 5.83. The van der Waals surface area contributed by atoms with E-state index in [0.29, 0.717) is 20.8 Å². The molecule has 0 bridgehead atoms. The quantitative estimate of drug-likeness (QED) is 0.236. The van der Waals surface area contributed by atoms with Gasteiger partial charge in [0.1, 0.15) is 0 Å². The molecule has 0 heterocycles. The molecule has 0 spiro atoms. The van der Waals surface area contributed by atoms with Crippen molar-refractivity contribution in [3.8, 4) is 0 Å². The normalized spacial score (nSPS) is 11.6.